The minimum atomic E-state index is -0.397. The summed E-state index contributed by atoms with van der Waals surface area (Å²) in [5.41, 5.74) is -0.0165. The van der Waals surface area contributed by atoms with Crippen LogP contribution in [0, 0.1) is 0 Å². The molecule has 1 atom stereocenters. The zero-order valence-electron chi connectivity index (χ0n) is 10.6. The van der Waals surface area contributed by atoms with E-state index in [1.807, 2.05) is 0 Å². The largest absolute Gasteiger partial charge is 0.376 e. The first-order valence-corrected chi connectivity index (χ1v) is 6.88. The van der Waals surface area contributed by atoms with Crippen molar-refractivity contribution in [3.05, 3.63) is 27.1 Å². The maximum absolute atomic E-state index is 11.8. The Labute approximate surface area is 119 Å². The molecule has 1 aliphatic heterocycles. The molecule has 104 valence electrons. The molecular formula is C12H16BrN3O3. The van der Waals surface area contributed by atoms with Gasteiger partial charge in [0.1, 0.15) is 5.69 Å². The summed E-state index contributed by atoms with van der Waals surface area (Å²) < 4.78 is 7.53. The van der Waals surface area contributed by atoms with E-state index >= 15 is 0 Å². The van der Waals surface area contributed by atoms with Crippen molar-refractivity contribution in [1.82, 2.24) is 9.88 Å². The lowest BCUT2D eigenvalue weighted by Crippen LogP contribution is -2.36. The van der Waals surface area contributed by atoms with Gasteiger partial charge in [0.25, 0.3) is 5.56 Å². The Balaban J connectivity index is 1.93. The van der Waals surface area contributed by atoms with Crippen LogP contribution in [0.1, 0.15) is 12.8 Å². The summed E-state index contributed by atoms with van der Waals surface area (Å²) in [4.78, 5) is 23.5. The number of hydrogen-bond donors (Lipinski definition) is 2. The first-order chi connectivity index (χ1) is 9.06. The first-order valence-electron chi connectivity index (χ1n) is 6.09. The number of halogens is 1. The second kappa shape index (κ2) is 6.21. The van der Waals surface area contributed by atoms with Gasteiger partial charge in [0.15, 0.2) is 0 Å². The van der Waals surface area contributed by atoms with Gasteiger partial charge in [-0.2, -0.15) is 0 Å². The molecule has 0 unspecified atom stereocenters. The van der Waals surface area contributed by atoms with Gasteiger partial charge in [-0.15, -0.1) is 0 Å². The van der Waals surface area contributed by atoms with Crippen LogP contribution in [0.4, 0.5) is 10.5 Å². The highest BCUT2D eigenvalue weighted by Gasteiger charge is 2.16. The van der Waals surface area contributed by atoms with E-state index < -0.39 is 6.03 Å². The molecule has 2 rings (SSSR count). The van der Waals surface area contributed by atoms with E-state index in [1.165, 1.54) is 4.57 Å². The van der Waals surface area contributed by atoms with Crippen LogP contribution in [0.5, 0.6) is 0 Å². The Morgan fingerprint density at radius 3 is 3.11 bits per heavy atom. The van der Waals surface area contributed by atoms with E-state index in [2.05, 4.69) is 26.6 Å². The molecule has 6 nitrogen and oxygen atoms in total. The van der Waals surface area contributed by atoms with E-state index in [1.54, 1.807) is 19.3 Å². The number of rotatable bonds is 3. The van der Waals surface area contributed by atoms with E-state index in [4.69, 9.17) is 4.74 Å². The average molecular weight is 330 g/mol. The second-order valence-corrected chi connectivity index (χ2v) is 5.37. The topological polar surface area (TPSA) is 72.4 Å². The molecule has 0 saturated carbocycles. The van der Waals surface area contributed by atoms with E-state index in [-0.39, 0.29) is 17.4 Å². The molecule has 19 heavy (non-hydrogen) atoms. The predicted octanol–water partition coefficient (Wildman–Crippen LogP) is 1.45. The molecule has 1 fully saturated rings. The Morgan fingerprint density at radius 2 is 2.42 bits per heavy atom. The molecular weight excluding hydrogens is 314 g/mol. The third kappa shape index (κ3) is 3.81. The molecule has 1 aromatic heterocycles. The number of carbonyl (C=O) groups excluding carboxylic acids is 1. The van der Waals surface area contributed by atoms with Crippen LogP contribution in [0.3, 0.4) is 0 Å². The van der Waals surface area contributed by atoms with E-state index in [0.29, 0.717) is 6.54 Å². The minimum absolute atomic E-state index is 0.0797. The zero-order valence-corrected chi connectivity index (χ0v) is 12.2. The van der Waals surface area contributed by atoms with Gasteiger partial charge in [-0.1, -0.05) is 0 Å². The van der Waals surface area contributed by atoms with Gasteiger partial charge in [-0.3, -0.25) is 4.79 Å². The maximum Gasteiger partial charge on any atom is 0.319 e. The fourth-order valence-electron chi connectivity index (χ4n) is 1.94. The summed E-state index contributed by atoms with van der Waals surface area (Å²) in [5.74, 6) is 0. The van der Waals surface area contributed by atoms with Crippen molar-refractivity contribution in [2.75, 3.05) is 18.5 Å². The summed E-state index contributed by atoms with van der Waals surface area (Å²) in [6, 6.07) is 1.18. The summed E-state index contributed by atoms with van der Waals surface area (Å²) in [7, 11) is 1.63. The van der Waals surface area contributed by atoms with Crippen molar-refractivity contribution in [3.8, 4) is 0 Å². The number of pyridine rings is 1. The van der Waals surface area contributed by atoms with Crippen molar-refractivity contribution in [2.24, 2.45) is 7.05 Å². The van der Waals surface area contributed by atoms with Crippen LogP contribution in [0.2, 0.25) is 0 Å². The lowest BCUT2D eigenvalue weighted by atomic mass is 10.2. The van der Waals surface area contributed by atoms with Crippen molar-refractivity contribution in [2.45, 2.75) is 18.9 Å². The third-order valence-corrected chi connectivity index (χ3v) is 3.35. The standard InChI is InChI=1S/C12H16BrN3O3/c1-16-7-8(13)5-10(11(16)17)15-12(18)14-6-9-3-2-4-19-9/h5,7,9H,2-4,6H2,1H3,(H2,14,15,18)/t9-/m0/s1. The van der Waals surface area contributed by atoms with E-state index in [0.717, 1.165) is 23.9 Å². The van der Waals surface area contributed by atoms with Crippen molar-refractivity contribution < 1.29 is 9.53 Å². The number of aromatic nitrogens is 1. The predicted molar refractivity (Wildman–Crippen MR) is 75.4 cm³/mol. The highest BCUT2D eigenvalue weighted by atomic mass is 79.9. The lowest BCUT2D eigenvalue weighted by Gasteiger charge is -2.12. The van der Waals surface area contributed by atoms with Gasteiger partial charge >= 0.3 is 6.03 Å². The van der Waals surface area contributed by atoms with Gasteiger partial charge in [0, 0.05) is 30.9 Å². The Bertz CT molecular complexity index is 523. The lowest BCUT2D eigenvalue weighted by molar-refractivity contribution is 0.112. The van der Waals surface area contributed by atoms with Crippen LogP contribution >= 0.6 is 15.9 Å². The summed E-state index contributed by atoms with van der Waals surface area (Å²) in [5, 5.41) is 5.25. The van der Waals surface area contributed by atoms with Crippen LogP contribution in [-0.4, -0.2) is 29.9 Å². The normalized spacial score (nSPS) is 18.3. The molecule has 2 heterocycles. The molecule has 0 aromatic carbocycles. The summed E-state index contributed by atoms with van der Waals surface area (Å²) in [6.07, 6.45) is 3.70. The number of nitrogens with one attached hydrogen (secondary N) is 2. The quantitative estimate of drug-likeness (QED) is 0.881. The number of urea groups is 1. The van der Waals surface area contributed by atoms with Gasteiger partial charge in [0.2, 0.25) is 0 Å². The second-order valence-electron chi connectivity index (χ2n) is 4.46. The number of ether oxygens (including phenoxy) is 1. The Kier molecular flexibility index (Phi) is 4.60. The number of amides is 2. The Hall–Kier alpha value is -1.34. The van der Waals surface area contributed by atoms with Crippen LogP contribution in [0.25, 0.3) is 0 Å². The fourth-order valence-corrected chi connectivity index (χ4v) is 2.47. The van der Waals surface area contributed by atoms with Crippen molar-refractivity contribution in [1.29, 1.82) is 0 Å². The Morgan fingerprint density at radius 1 is 1.63 bits per heavy atom. The third-order valence-electron chi connectivity index (χ3n) is 2.91. The molecule has 0 spiro atoms. The molecule has 1 aliphatic rings. The van der Waals surface area contributed by atoms with Crippen LogP contribution < -0.4 is 16.2 Å². The highest BCUT2D eigenvalue weighted by molar-refractivity contribution is 9.10. The van der Waals surface area contributed by atoms with Gasteiger partial charge in [-0.25, -0.2) is 4.79 Å². The number of aryl methyl sites for hydroxylation is 1. The highest BCUT2D eigenvalue weighted by Crippen LogP contribution is 2.12. The van der Waals surface area contributed by atoms with Crippen LogP contribution in [0.15, 0.2) is 21.5 Å². The molecule has 1 saturated heterocycles. The molecule has 0 aliphatic carbocycles. The fraction of sp³-hybridized carbons (Fsp3) is 0.500. The van der Waals surface area contributed by atoms with Gasteiger partial charge in [-0.05, 0) is 34.8 Å². The monoisotopic (exact) mass is 329 g/mol. The molecule has 0 bridgehead atoms. The van der Waals surface area contributed by atoms with Gasteiger partial charge < -0.3 is 19.9 Å². The van der Waals surface area contributed by atoms with Gasteiger partial charge in [0.05, 0.1) is 6.10 Å². The van der Waals surface area contributed by atoms with Crippen molar-refractivity contribution in [3.63, 3.8) is 0 Å². The number of anilines is 1. The molecule has 0 radical (unpaired) electrons. The first kappa shape index (κ1) is 14.1. The maximum atomic E-state index is 11.8. The van der Waals surface area contributed by atoms with Crippen molar-refractivity contribution >= 4 is 27.6 Å². The number of carbonyl (C=O) groups is 1. The number of hydrogen-bond acceptors (Lipinski definition) is 3. The summed E-state index contributed by atoms with van der Waals surface area (Å²) >= 11 is 3.28. The average Bonchev–Trinajstić information content (AvgIpc) is 2.86. The molecule has 2 N–H and O–H groups in total. The number of nitrogens with zero attached hydrogens (tertiary/aromatic N) is 1. The molecule has 1 aromatic rings. The zero-order chi connectivity index (χ0) is 13.8. The SMILES string of the molecule is Cn1cc(Br)cc(NC(=O)NC[C@@H]2CCCO2)c1=O. The molecule has 7 heteroatoms. The minimum Gasteiger partial charge on any atom is -0.376 e. The smallest absolute Gasteiger partial charge is 0.319 e. The van der Waals surface area contributed by atoms with E-state index in [9.17, 15) is 9.59 Å². The molecule has 2 amide bonds. The summed E-state index contributed by atoms with van der Waals surface area (Å²) in [6.45, 7) is 1.21. The van der Waals surface area contributed by atoms with Crippen LogP contribution in [-0.2, 0) is 11.8 Å².